The lowest BCUT2D eigenvalue weighted by Gasteiger charge is -2.03. The van der Waals surface area contributed by atoms with Crippen molar-refractivity contribution in [3.05, 3.63) is 17.8 Å². The van der Waals surface area contributed by atoms with Crippen molar-refractivity contribution in [3.8, 4) is 0 Å². The highest BCUT2D eigenvalue weighted by Crippen LogP contribution is 2.09. The van der Waals surface area contributed by atoms with Gasteiger partial charge >= 0.3 is 0 Å². The van der Waals surface area contributed by atoms with Crippen molar-refractivity contribution in [1.29, 1.82) is 0 Å². The van der Waals surface area contributed by atoms with E-state index in [1.807, 2.05) is 18.2 Å². The lowest BCUT2D eigenvalue weighted by molar-refractivity contribution is -0.454. The number of allylic oxidation sites excluding steroid dienone is 2. The second-order valence-electron chi connectivity index (χ2n) is 5.04. The summed E-state index contributed by atoms with van der Waals surface area (Å²) in [7, 11) is 0. The van der Waals surface area contributed by atoms with Gasteiger partial charge in [0.05, 0.1) is 12.0 Å². The van der Waals surface area contributed by atoms with Crippen molar-refractivity contribution in [2.24, 2.45) is 0 Å². The topological polar surface area (TPSA) is 20.1 Å². The van der Waals surface area contributed by atoms with E-state index in [1.54, 1.807) is 0 Å². The van der Waals surface area contributed by atoms with Crippen molar-refractivity contribution < 1.29 is 9.37 Å². The monoisotopic (exact) mass is 248 g/mol. The number of rotatable bonds is 9. The van der Waals surface area contributed by atoms with E-state index in [0.29, 0.717) is 0 Å². The number of hydrogen-bond donors (Lipinski definition) is 0. The van der Waals surface area contributed by atoms with Gasteiger partial charge in [-0.05, 0) is 6.42 Å². The molecule has 0 aliphatic carbocycles. The molecule has 0 saturated heterocycles. The fourth-order valence-electron chi connectivity index (χ4n) is 2.20. The molecule has 0 radical (unpaired) electrons. The van der Waals surface area contributed by atoms with Gasteiger partial charge in [-0.15, -0.1) is 0 Å². The highest BCUT2D eigenvalue weighted by atomic mass is 16.1. The Morgan fingerprint density at radius 2 is 1.78 bits per heavy atom. The Balaban J connectivity index is 1.97. The molecule has 18 heavy (non-hydrogen) atoms. The molecule has 0 aromatic rings. The van der Waals surface area contributed by atoms with Crippen LogP contribution < -0.4 is 0 Å². The normalized spacial score (nSPS) is 14.5. The van der Waals surface area contributed by atoms with Crippen LogP contribution in [-0.2, 0) is 4.79 Å². The van der Waals surface area contributed by atoms with Gasteiger partial charge in [0.1, 0.15) is 18.7 Å². The maximum Gasteiger partial charge on any atom is 0.169 e. The van der Waals surface area contributed by atoms with Crippen molar-refractivity contribution in [2.75, 3.05) is 6.54 Å². The zero-order valence-electron chi connectivity index (χ0n) is 11.7. The molecule has 0 bridgehead atoms. The molecule has 1 aliphatic heterocycles. The Hall–Kier alpha value is -1.14. The molecule has 2 nitrogen and oxygen atoms in total. The molecule has 2 heteroatoms. The van der Waals surface area contributed by atoms with Gasteiger partial charge in [-0.3, -0.25) is 0 Å². The first-order valence-corrected chi connectivity index (χ1v) is 7.38. The van der Waals surface area contributed by atoms with Crippen molar-refractivity contribution in [2.45, 2.75) is 64.7 Å². The van der Waals surface area contributed by atoms with Crippen molar-refractivity contribution >= 4 is 12.2 Å². The summed E-state index contributed by atoms with van der Waals surface area (Å²) in [5.74, 6) is 1.95. The summed E-state index contributed by atoms with van der Waals surface area (Å²) in [6.45, 7) is 3.34. The van der Waals surface area contributed by atoms with E-state index in [0.717, 1.165) is 18.5 Å². The van der Waals surface area contributed by atoms with E-state index in [9.17, 15) is 4.79 Å². The molecule has 100 valence electrons. The predicted molar refractivity (Wildman–Crippen MR) is 76.8 cm³/mol. The largest absolute Gasteiger partial charge is 0.233 e. The zero-order chi connectivity index (χ0) is 13.1. The minimum Gasteiger partial charge on any atom is -0.233 e. The van der Waals surface area contributed by atoms with Crippen LogP contribution in [0.5, 0.6) is 0 Å². The molecule has 0 aromatic heterocycles. The fourth-order valence-corrected chi connectivity index (χ4v) is 2.20. The highest BCUT2D eigenvalue weighted by Gasteiger charge is 2.07. The van der Waals surface area contributed by atoms with Gasteiger partial charge in [-0.2, -0.15) is 0 Å². The van der Waals surface area contributed by atoms with Crippen LogP contribution in [0.3, 0.4) is 0 Å². The molecule has 0 aromatic carbocycles. The molecule has 0 amide bonds. The van der Waals surface area contributed by atoms with Crippen LogP contribution in [0.15, 0.2) is 17.8 Å². The third-order valence-electron chi connectivity index (χ3n) is 3.41. The molecular weight excluding hydrogens is 222 g/mol. The molecule has 1 heterocycles. The summed E-state index contributed by atoms with van der Waals surface area (Å²) in [6, 6.07) is 0. The van der Waals surface area contributed by atoms with Gasteiger partial charge in [-0.25, -0.2) is 9.37 Å². The van der Waals surface area contributed by atoms with Crippen LogP contribution in [0.1, 0.15) is 64.7 Å². The van der Waals surface area contributed by atoms with E-state index in [4.69, 9.17) is 0 Å². The zero-order valence-corrected chi connectivity index (χ0v) is 11.7. The summed E-state index contributed by atoms with van der Waals surface area (Å²) in [6.07, 6.45) is 17.5. The molecule has 1 rings (SSSR count). The Labute approximate surface area is 111 Å². The van der Waals surface area contributed by atoms with Crippen LogP contribution in [0, 0.1) is 0 Å². The van der Waals surface area contributed by atoms with E-state index >= 15 is 0 Å². The minimum absolute atomic E-state index is 0.733. The lowest BCUT2D eigenvalue weighted by Crippen LogP contribution is -2.11. The fraction of sp³-hybridized carbons (Fsp3) is 0.688. The van der Waals surface area contributed by atoms with Crippen LogP contribution in [0.4, 0.5) is 0 Å². The van der Waals surface area contributed by atoms with Gasteiger partial charge in [0.2, 0.25) is 0 Å². The van der Waals surface area contributed by atoms with Gasteiger partial charge < -0.3 is 0 Å². The van der Waals surface area contributed by atoms with Crippen molar-refractivity contribution in [1.82, 2.24) is 0 Å². The first-order valence-electron chi connectivity index (χ1n) is 7.38. The van der Waals surface area contributed by atoms with Crippen LogP contribution in [0.25, 0.3) is 0 Å². The third-order valence-corrected chi connectivity index (χ3v) is 3.41. The molecule has 0 atom stereocenters. The number of hydrogen-bond acceptors (Lipinski definition) is 1. The van der Waals surface area contributed by atoms with Gasteiger partial charge in [0.25, 0.3) is 0 Å². The Morgan fingerprint density at radius 1 is 1.11 bits per heavy atom. The maximum atomic E-state index is 10.4. The Morgan fingerprint density at radius 3 is 2.33 bits per heavy atom. The maximum absolute atomic E-state index is 10.4. The van der Waals surface area contributed by atoms with E-state index in [1.165, 1.54) is 51.4 Å². The number of carbonyl (C=O) groups excluding carboxylic acids is 1. The molecular formula is C16H26NO+. The Kier molecular flexibility index (Phi) is 8.16. The quantitative estimate of drug-likeness (QED) is 0.344. The summed E-state index contributed by atoms with van der Waals surface area (Å²) in [5.41, 5.74) is 0.752. The van der Waals surface area contributed by atoms with E-state index in [-0.39, 0.29) is 0 Å². The van der Waals surface area contributed by atoms with Gasteiger partial charge in [0.15, 0.2) is 6.20 Å². The number of nitrogens with zero attached hydrogens (tertiary/aromatic N) is 1. The molecule has 0 fully saturated rings. The van der Waals surface area contributed by atoms with Gasteiger partial charge in [0, 0.05) is 12.5 Å². The smallest absolute Gasteiger partial charge is 0.169 e. The highest BCUT2D eigenvalue weighted by molar-refractivity contribution is 5.69. The molecule has 0 N–H and O–H groups in total. The molecule has 0 spiro atoms. The SMILES string of the molecule is CCCCCCCCCC[N+]1=CCC(=C=O)C=C1. The van der Waals surface area contributed by atoms with E-state index in [2.05, 4.69) is 17.7 Å². The Bertz CT molecular complexity index is 335. The molecule has 1 aliphatic rings. The summed E-state index contributed by atoms with van der Waals surface area (Å²) < 4.78 is 2.19. The predicted octanol–water partition coefficient (Wildman–Crippen LogP) is 3.89. The number of unbranched alkanes of at least 4 members (excludes halogenated alkanes) is 7. The van der Waals surface area contributed by atoms with Crippen LogP contribution >= 0.6 is 0 Å². The summed E-state index contributed by atoms with van der Waals surface area (Å²) in [5, 5.41) is 0. The average Bonchev–Trinajstić information content (AvgIpc) is 2.42. The second kappa shape index (κ2) is 9.85. The lowest BCUT2D eigenvalue weighted by atomic mass is 10.1. The van der Waals surface area contributed by atoms with Crippen LogP contribution in [0.2, 0.25) is 0 Å². The summed E-state index contributed by atoms with van der Waals surface area (Å²) in [4.78, 5) is 10.4. The van der Waals surface area contributed by atoms with Crippen LogP contribution in [-0.4, -0.2) is 23.3 Å². The van der Waals surface area contributed by atoms with Gasteiger partial charge in [-0.1, -0.05) is 45.4 Å². The average molecular weight is 248 g/mol. The first kappa shape index (κ1) is 14.9. The summed E-state index contributed by atoms with van der Waals surface area (Å²) >= 11 is 0. The molecule has 0 saturated carbocycles. The third kappa shape index (κ3) is 6.56. The minimum atomic E-state index is 0.733. The second-order valence-corrected chi connectivity index (χ2v) is 5.04. The van der Waals surface area contributed by atoms with E-state index < -0.39 is 0 Å². The molecule has 0 unspecified atom stereocenters. The van der Waals surface area contributed by atoms with Crippen molar-refractivity contribution in [3.63, 3.8) is 0 Å². The standard InChI is InChI=1S/C16H26NO/c1-2-3-4-5-6-7-8-9-12-17-13-10-16(15-18)11-14-17/h10,13-14H,2-9,11-12H2,1H3/q+1. The first-order chi connectivity index (χ1) is 8.86.